The van der Waals surface area contributed by atoms with Crippen LogP contribution in [0.25, 0.3) is 11.4 Å². The highest BCUT2D eigenvalue weighted by Gasteiger charge is 2.39. The number of nitrogens with zero attached hydrogens (tertiary/aromatic N) is 4. The second kappa shape index (κ2) is 8.72. The first kappa shape index (κ1) is 19.6. The molecule has 3 heterocycles. The third-order valence-corrected chi connectivity index (χ3v) is 6.48. The molecule has 152 valence electrons. The standard InChI is InChI=1S/C22H33N5O/c1-16(2)26-11-9-19(10-12-26)27-13-18(15-28-3)20(14-27)22-23-21(24-25-22)17-7-5-4-6-8-17/h4-8,16,18-20H,9-15H2,1-3H3,(H,23,24,25)/t18-,20+/m0/s1. The second-order valence-corrected chi connectivity index (χ2v) is 8.55. The Morgan fingerprint density at radius 1 is 1.14 bits per heavy atom. The monoisotopic (exact) mass is 383 g/mol. The molecule has 1 aromatic carbocycles. The van der Waals surface area contributed by atoms with Gasteiger partial charge in [0.05, 0.1) is 6.61 Å². The average Bonchev–Trinajstić information content (AvgIpc) is 3.36. The maximum absolute atomic E-state index is 5.56. The summed E-state index contributed by atoms with van der Waals surface area (Å²) in [5.74, 6) is 2.61. The molecule has 0 bridgehead atoms. The zero-order valence-corrected chi connectivity index (χ0v) is 17.3. The Kier molecular flexibility index (Phi) is 6.09. The summed E-state index contributed by atoms with van der Waals surface area (Å²) in [4.78, 5) is 10.1. The lowest BCUT2D eigenvalue weighted by atomic mass is 9.96. The average molecular weight is 384 g/mol. The van der Waals surface area contributed by atoms with Gasteiger partial charge in [0.15, 0.2) is 5.82 Å². The van der Waals surface area contributed by atoms with Gasteiger partial charge < -0.3 is 9.64 Å². The highest BCUT2D eigenvalue weighted by molar-refractivity contribution is 5.53. The van der Waals surface area contributed by atoms with E-state index < -0.39 is 0 Å². The van der Waals surface area contributed by atoms with Crippen molar-refractivity contribution in [2.45, 2.75) is 44.7 Å². The van der Waals surface area contributed by atoms with Gasteiger partial charge in [-0.1, -0.05) is 30.3 Å². The van der Waals surface area contributed by atoms with Crippen LogP contribution in [0.15, 0.2) is 30.3 Å². The van der Waals surface area contributed by atoms with Gasteiger partial charge in [-0.25, -0.2) is 4.98 Å². The SMILES string of the molecule is COC[C@@H]1CN(C2CCN(C(C)C)CC2)C[C@H]1c1nc(-c2ccccc2)n[nH]1. The summed E-state index contributed by atoms with van der Waals surface area (Å²) in [5.41, 5.74) is 1.06. The number of hydrogen-bond donors (Lipinski definition) is 1. The maximum Gasteiger partial charge on any atom is 0.181 e. The molecule has 0 aliphatic carbocycles. The number of methoxy groups -OCH3 is 1. The number of rotatable bonds is 6. The second-order valence-electron chi connectivity index (χ2n) is 8.55. The van der Waals surface area contributed by atoms with Gasteiger partial charge >= 0.3 is 0 Å². The van der Waals surface area contributed by atoms with Crippen LogP contribution in [0.2, 0.25) is 0 Å². The first-order valence-corrected chi connectivity index (χ1v) is 10.6. The van der Waals surface area contributed by atoms with Gasteiger partial charge in [0, 0.05) is 49.7 Å². The van der Waals surface area contributed by atoms with E-state index >= 15 is 0 Å². The van der Waals surface area contributed by atoms with Crippen LogP contribution >= 0.6 is 0 Å². The van der Waals surface area contributed by atoms with E-state index in [1.807, 2.05) is 18.2 Å². The first-order chi connectivity index (χ1) is 13.7. The Morgan fingerprint density at radius 2 is 1.89 bits per heavy atom. The van der Waals surface area contributed by atoms with E-state index in [1.165, 1.54) is 25.9 Å². The number of aromatic amines is 1. The molecule has 0 unspecified atom stereocenters. The summed E-state index contributed by atoms with van der Waals surface area (Å²) in [7, 11) is 1.80. The number of ether oxygens (including phenoxy) is 1. The molecule has 2 saturated heterocycles. The molecule has 6 nitrogen and oxygen atoms in total. The third-order valence-electron chi connectivity index (χ3n) is 6.48. The molecule has 0 amide bonds. The smallest absolute Gasteiger partial charge is 0.181 e. The summed E-state index contributed by atoms with van der Waals surface area (Å²) >= 11 is 0. The number of nitrogens with one attached hydrogen (secondary N) is 1. The quantitative estimate of drug-likeness (QED) is 0.831. The van der Waals surface area contributed by atoms with Gasteiger partial charge in [0.2, 0.25) is 0 Å². The van der Waals surface area contributed by atoms with E-state index in [-0.39, 0.29) is 0 Å². The fourth-order valence-corrected chi connectivity index (χ4v) is 4.82. The van der Waals surface area contributed by atoms with Crippen molar-refractivity contribution >= 4 is 0 Å². The van der Waals surface area contributed by atoms with Crippen LogP contribution in [0.3, 0.4) is 0 Å². The maximum atomic E-state index is 5.56. The number of H-pyrrole nitrogens is 1. The molecule has 1 N–H and O–H groups in total. The van der Waals surface area contributed by atoms with Crippen LogP contribution in [-0.2, 0) is 4.74 Å². The summed E-state index contributed by atoms with van der Waals surface area (Å²) in [5, 5.41) is 7.72. The van der Waals surface area contributed by atoms with E-state index in [0.717, 1.165) is 36.9 Å². The molecular weight excluding hydrogens is 350 g/mol. The number of aromatic nitrogens is 3. The normalized spacial score (nSPS) is 25.0. The minimum Gasteiger partial charge on any atom is -0.384 e. The molecular formula is C22H33N5O. The fourth-order valence-electron chi connectivity index (χ4n) is 4.82. The molecule has 2 aliphatic heterocycles. The molecule has 28 heavy (non-hydrogen) atoms. The van der Waals surface area contributed by atoms with Crippen LogP contribution in [0.1, 0.15) is 38.4 Å². The topological polar surface area (TPSA) is 57.3 Å². The van der Waals surface area contributed by atoms with Crippen LogP contribution in [0.4, 0.5) is 0 Å². The molecule has 2 fully saturated rings. The van der Waals surface area contributed by atoms with Gasteiger partial charge in [0.25, 0.3) is 0 Å². The Bertz CT molecular complexity index is 738. The Morgan fingerprint density at radius 3 is 2.57 bits per heavy atom. The van der Waals surface area contributed by atoms with E-state index in [9.17, 15) is 0 Å². The van der Waals surface area contributed by atoms with Gasteiger partial charge in [-0.05, 0) is 39.8 Å². The number of piperidine rings is 1. The zero-order valence-electron chi connectivity index (χ0n) is 17.3. The molecule has 1 aromatic heterocycles. The summed E-state index contributed by atoms with van der Waals surface area (Å²) in [6, 6.07) is 11.5. The predicted octanol–water partition coefficient (Wildman–Crippen LogP) is 3.01. The summed E-state index contributed by atoms with van der Waals surface area (Å²) in [6.07, 6.45) is 2.52. The first-order valence-electron chi connectivity index (χ1n) is 10.6. The van der Waals surface area contributed by atoms with Crippen LogP contribution < -0.4 is 0 Å². The molecule has 0 radical (unpaired) electrons. The Balaban J connectivity index is 1.46. The highest BCUT2D eigenvalue weighted by atomic mass is 16.5. The van der Waals surface area contributed by atoms with Crippen molar-refractivity contribution in [2.75, 3.05) is 39.9 Å². The van der Waals surface area contributed by atoms with Crippen LogP contribution in [0, 0.1) is 5.92 Å². The van der Waals surface area contributed by atoms with Crippen LogP contribution in [-0.4, -0.2) is 77.0 Å². The van der Waals surface area contributed by atoms with Crippen molar-refractivity contribution in [1.82, 2.24) is 25.0 Å². The van der Waals surface area contributed by atoms with Gasteiger partial charge in [0.1, 0.15) is 5.82 Å². The van der Waals surface area contributed by atoms with Crippen molar-refractivity contribution in [2.24, 2.45) is 5.92 Å². The lowest BCUT2D eigenvalue weighted by Gasteiger charge is -2.38. The minimum atomic E-state index is 0.355. The van der Waals surface area contributed by atoms with Crippen molar-refractivity contribution in [3.05, 3.63) is 36.2 Å². The predicted molar refractivity (Wildman–Crippen MR) is 111 cm³/mol. The van der Waals surface area contributed by atoms with Crippen molar-refractivity contribution in [3.8, 4) is 11.4 Å². The highest BCUT2D eigenvalue weighted by Crippen LogP contribution is 2.35. The van der Waals surface area contributed by atoms with Crippen LogP contribution in [0.5, 0.6) is 0 Å². The van der Waals surface area contributed by atoms with E-state index in [4.69, 9.17) is 9.72 Å². The van der Waals surface area contributed by atoms with Gasteiger partial charge in [-0.2, -0.15) is 5.10 Å². The van der Waals surface area contributed by atoms with Gasteiger partial charge in [-0.15, -0.1) is 0 Å². The summed E-state index contributed by atoms with van der Waals surface area (Å²) < 4.78 is 5.56. The number of benzene rings is 1. The number of likely N-dealkylation sites (tertiary alicyclic amines) is 2. The van der Waals surface area contributed by atoms with Crippen molar-refractivity contribution in [1.29, 1.82) is 0 Å². The Hall–Kier alpha value is -1.76. The molecule has 4 rings (SSSR count). The fraction of sp³-hybridized carbons (Fsp3) is 0.636. The number of hydrogen-bond acceptors (Lipinski definition) is 5. The van der Waals surface area contributed by atoms with Crippen molar-refractivity contribution in [3.63, 3.8) is 0 Å². The van der Waals surface area contributed by atoms with E-state index in [0.29, 0.717) is 23.9 Å². The molecule has 0 spiro atoms. The Labute approximate surface area is 168 Å². The van der Waals surface area contributed by atoms with Crippen molar-refractivity contribution < 1.29 is 4.74 Å². The molecule has 2 aliphatic rings. The molecule has 2 atom stereocenters. The van der Waals surface area contributed by atoms with E-state index in [1.54, 1.807) is 7.11 Å². The molecule has 6 heteroatoms. The molecule has 2 aromatic rings. The minimum absolute atomic E-state index is 0.355. The lowest BCUT2D eigenvalue weighted by Crippen LogP contribution is -2.46. The molecule has 0 saturated carbocycles. The van der Waals surface area contributed by atoms with E-state index in [2.05, 4.69) is 46.0 Å². The zero-order chi connectivity index (χ0) is 19.5. The van der Waals surface area contributed by atoms with Gasteiger partial charge in [-0.3, -0.25) is 10.00 Å². The summed E-state index contributed by atoms with van der Waals surface area (Å²) in [6.45, 7) is 9.92. The lowest BCUT2D eigenvalue weighted by molar-refractivity contribution is 0.0978. The third kappa shape index (κ3) is 4.14. The largest absolute Gasteiger partial charge is 0.384 e.